The highest BCUT2D eigenvalue weighted by Crippen LogP contribution is 2.47. The molecule has 0 spiro atoms. The summed E-state index contributed by atoms with van der Waals surface area (Å²) in [5.74, 6) is 0.238. The average Bonchev–Trinajstić information content (AvgIpc) is 3.58. The van der Waals surface area contributed by atoms with Gasteiger partial charge in [-0.3, -0.25) is 18.7 Å². The zero-order chi connectivity index (χ0) is 29.9. The van der Waals surface area contributed by atoms with E-state index in [0.29, 0.717) is 34.8 Å². The molecule has 0 saturated heterocycles. The number of pyridine rings is 1. The third kappa shape index (κ3) is 4.42. The van der Waals surface area contributed by atoms with Gasteiger partial charge in [-0.2, -0.15) is 4.98 Å². The number of nitrogens with zero attached hydrogens (tertiary/aromatic N) is 6. The zero-order valence-electron chi connectivity index (χ0n) is 22.9. The van der Waals surface area contributed by atoms with Crippen LogP contribution in [0.1, 0.15) is 30.7 Å². The molecule has 14 heteroatoms. The smallest absolute Gasteiger partial charge is 0.416 e. The lowest BCUT2D eigenvalue weighted by atomic mass is 10.2. The van der Waals surface area contributed by atoms with Crippen molar-refractivity contribution >= 4 is 57.5 Å². The molecule has 2 atom stereocenters. The fourth-order valence-corrected chi connectivity index (χ4v) is 5.55. The second kappa shape index (κ2) is 10.2. The number of nitrogens with one attached hydrogen (secondary N) is 1. The van der Waals surface area contributed by atoms with E-state index in [1.54, 1.807) is 44.3 Å². The molecule has 42 heavy (non-hydrogen) atoms. The molecule has 13 nitrogen and oxygen atoms in total. The largest absolute Gasteiger partial charge is 0.466 e. The second-order valence-electron chi connectivity index (χ2n) is 10.1. The van der Waals surface area contributed by atoms with Crippen LogP contribution in [-0.2, 0) is 30.2 Å². The maximum atomic E-state index is 13.7. The number of fused-ring (bicyclic) bond motifs is 2. The number of carbonyl (C=O) groups is 2. The van der Waals surface area contributed by atoms with Crippen molar-refractivity contribution in [3.05, 3.63) is 79.7 Å². The van der Waals surface area contributed by atoms with Crippen LogP contribution < -0.4 is 16.6 Å². The van der Waals surface area contributed by atoms with Gasteiger partial charge >= 0.3 is 17.8 Å². The van der Waals surface area contributed by atoms with E-state index in [-0.39, 0.29) is 47.2 Å². The minimum absolute atomic E-state index is 0.0319. The first kappa shape index (κ1) is 27.3. The Bertz CT molecular complexity index is 2040. The molecule has 1 aliphatic carbocycles. The summed E-state index contributed by atoms with van der Waals surface area (Å²) in [6, 6.07) is 11.8. The number of carboxylic acid groups (broad SMARTS) is 1. The molecule has 1 saturated carbocycles. The summed E-state index contributed by atoms with van der Waals surface area (Å²) in [5.41, 5.74) is 0.265. The maximum Gasteiger partial charge on any atom is 0.416 e. The molecule has 1 aromatic carbocycles. The van der Waals surface area contributed by atoms with Crippen LogP contribution in [0, 0.1) is 5.92 Å². The number of aryl methyl sites for hydroxylation is 2. The fourth-order valence-electron chi connectivity index (χ4n) is 5.32. The number of hydrogen-bond acceptors (Lipinski definition) is 8. The Labute approximate surface area is 242 Å². The van der Waals surface area contributed by atoms with Crippen LogP contribution in [0.4, 0.5) is 16.6 Å². The van der Waals surface area contributed by atoms with Gasteiger partial charge in [0.1, 0.15) is 5.82 Å². The van der Waals surface area contributed by atoms with Gasteiger partial charge < -0.3 is 19.7 Å². The maximum absolute atomic E-state index is 13.7. The lowest BCUT2D eigenvalue weighted by molar-refractivity contribution is -0.144. The quantitative estimate of drug-likeness (QED) is 0.271. The van der Waals surface area contributed by atoms with Crippen molar-refractivity contribution in [2.24, 2.45) is 20.0 Å². The number of esters is 1. The van der Waals surface area contributed by atoms with Gasteiger partial charge in [0.15, 0.2) is 11.2 Å². The summed E-state index contributed by atoms with van der Waals surface area (Å²) in [6.45, 7) is 1.79. The minimum atomic E-state index is -1.27. The Kier molecular flexibility index (Phi) is 6.61. The Balaban J connectivity index is 1.37. The van der Waals surface area contributed by atoms with Gasteiger partial charge in [-0.05, 0) is 43.7 Å². The third-order valence-electron chi connectivity index (χ3n) is 7.51. The number of anilines is 2. The standard InChI is InChI=1S/C28H26ClN7O6/c1-4-42-25(38)16-12-15(16)19-8-6-10-21(30-19)31-26-32-23-22(33(26)2)24(37)35(27(39)34(23)3)13-14-11-17-18(29)7-5-9-20(17)36(14)28(40)41/h5-11,15-16H,4,12-13H2,1-3H3,(H,40,41)(H,30,31,32). The Morgan fingerprint density at radius 2 is 1.88 bits per heavy atom. The number of hydrogen-bond donors (Lipinski definition) is 2. The third-order valence-corrected chi connectivity index (χ3v) is 7.84. The summed E-state index contributed by atoms with van der Waals surface area (Å²) < 4.78 is 9.86. The molecule has 0 amide bonds. The lowest BCUT2D eigenvalue weighted by Crippen LogP contribution is -2.40. The van der Waals surface area contributed by atoms with Crippen molar-refractivity contribution in [3.63, 3.8) is 0 Å². The number of aromatic nitrogens is 6. The molecule has 0 aliphatic heterocycles. The number of halogens is 1. The van der Waals surface area contributed by atoms with Gasteiger partial charge in [-0.1, -0.05) is 23.7 Å². The van der Waals surface area contributed by atoms with E-state index in [9.17, 15) is 24.3 Å². The van der Waals surface area contributed by atoms with Gasteiger partial charge in [-0.15, -0.1) is 0 Å². The van der Waals surface area contributed by atoms with Crippen LogP contribution in [0.15, 0.2) is 52.1 Å². The summed E-state index contributed by atoms with van der Waals surface area (Å²) in [6.07, 6.45) is -0.606. The molecule has 5 aromatic rings. The highest BCUT2D eigenvalue weighted by atomic mass is 35.5. The van der Waals surface area contributed by atoms with Crippen LogP contribution in [0.3, 0.4) is 0 Å². The van der Waals surface area contributed by atoms with E-state index < -0.39 is 17.3 Å². The van der Waals surface area contributed by atoms with Crippen LogP contribution in [0.2, 0.25) is 5.02 Å². The van der Waals surface area contributed by atoms with E-state index in [1.807, 2.05) is 12.1 Å². The van der Waals surface area contributed by atoms with E-state index in [0.717, 1.165) is 14.8 Å². The molecule has 2 unspecified atom stereocenters. The number of carbonyl (C=O) groups excluding carboxylic acids is 1. The van der Waals surface area contributed by atoms with Crippen molar-refractivity contribution < 1.29 is 19.4 Å². The molecule has 4 heterocycles. The Morgan fingerprint density at radius 1 is 1.12 bits per heavy atom. The predicted octanol–water partition coefficient (Wildman–Crippen LogP) is 3.42. The van der Waals surface area contributed by atoms with Gasteiger partial charge in [-0.25, -0.2) is 19.1 Å². The van der Waals surface area contributed by atoms with Crippen molar-refractivity contribution in [3.8, 4) is 0 Å². The minimum Gasteiger partial charge on any atom is -0.466 e. The molecule has 1 aliphatic rings. The molecule has 2 N–H and O–H groups in total. The lowest BCUT2D eigenvalue weighted by Gasteiger charge is -2.10. The van der Waals surface area contributed by atoms with Crippen molar-refractivity contribution in [2.75, 3.05) is 11.9 Å². The number of imidazole rings is 1. The van der Waals surface area contributed by atoms with Crippen LogP contribution in [0.25, 0.3) is 22.1 Å². The Morgan fingerprint density at radius 3 is 2.62 bits per heavy atom. The molecule has 1 fully saturated rings. The van der Waals surface area contributed by atoms with Crippen molar-refractivity contribution in [1.29, 1.82) is 0 Å². The number of rotatable bonds is 7. The monoisotopic (exact) mass is 591 g/mol. The van der Waals surface area contributed by atoms with Crippen molar-refractivity contribution in [1.82, 2.24) is 28.2 Å². The van der Waals surface area contributed by atoms with Crippen molar-refractivity contribution in [2.45, 2.75) is 25.8 Å². The molecular weight excluding hydrogens is 566 g/mol. The topological polar surface area (TPSA) is 155 Å². The van der Waals surface area contributed by atoms with Crippen LogP contribution in [0.5, 0.6) is 0 Å². The van der Waals surface area contributed by atoms with E-state index >= 15 is 0 Å². The van der Waals surface area contributed by atoms with Gasteiger partial charge in [0, 0.05) is 36.1 Å². The summed E-state index contributed by atoms with van der Waals surface area (Å²) >= 11 is 6.29. The van der Waals surface area contributed by atoms with E-state index in [2.05, 4.69) is 15.3 Å². The predicted molar refractivity (Wildman–Crippen MR) is 155 cm³/mol. The normalized spacial score (nSPS) is 16.2. The van der Waals surface area contributed by atoms with E-state index in [1.165, 1.54) is 16.2 Å². The molecule has 0 bridgehead atoms. The fraction of sp³-hybridized carbons (Fsp3) is 0.286. The molecule has 216 valence electrons. The zero-order valence-corrected chi connectivity index (χ0v) is 23.6. The molecule has 4 aromatic heterocycles. The van der Waals surface area contributed by atoms with Gasteiger partial charge in [0.05, 0.1) is 30.3 Å². The van der Waals surface area contributed by atoms with E-state index in [4.69, 9.17) is 16.3 Å². The summed E-state index contributed by atoms with van der Waals surface area (Å²) in [7, 11) is 3.12. The van der Waals surface area contributed by atoms with Gasteiger partial charge in [0.2, 0.25) is 5.95 Å². The number of ether oxygens (including phenoxy) is 1. The Hall–Kier alpha value is -4.91. The first-order chi connectivity index (χ1) is 20.1. The summed E-state index contributed by atoms with van der Waals surface area (Å²) in [5, 5.41) is 13.8. The molecule has 6 rings (SSSR count). The summed E-state index contributed by atoms with van der Waals surface area (Å²) in [4.78, 5) is 60.3. The van der Waals surface area contributed by atoms with Gasteiger partial charge in [0.25, 0.3) is 5.56 Å². The highest BCUT2D eigenvalue weighted by molar-refractivity contribution is 6.35. The molecule has 0 radical (unpaired) electrons. The van der Waals surface area contributed by atoms with Crippen LogP contribution in [-0.4, -0.2) is 52.0 Å². The SMILES string of the molecule is CCOC(=O)C1CC1c1cccc(Nc2nc3c(c(=O)n(Cc4cc5c(Cl)cccc5n4C(=O)O)c(=O)n3C)n2C)n1. The first-order valence-corrected chi connectivity index (χ1v) is 13.6. The molecular formula is C28H26ClN7O6. The first-order valence-electron chi connectivity index (χ1n) is 13.2. The average molecular weight is 592 g/mol. The highest BCUT2D eigenvalue weighted by Gasteiger charge is 2.46. The second-order valence-corrected chi connectivity index (χ2v) is 10.5. The van der Waals surface area contributed by atoms with Crippen LogP contribution >= 0.6 is 11.6 Å². The number of benzene rings is 1.